The largest absolute Gasteiger partial charge is 0.398 e. The Kier molecular flexibility index (Phi) is 4.56. The molecule has 0 spiro atoms. The monoisotopic (exact) mass is 429 g/mol. The number of nitrogen functional groups attached to an aromatic ring is 1. The van der Waals surface area contributed by atoms with Crippen LogP contribution >= 0.6 is 31.9 Å². The highest BCUT2D eigenvalue weighted by Gasteiger charge is 2.16. The van der Waals surface area contributed by atoms with Crippen molar-refractivity contribution in [3.8, 4) is 6.07 Å². The summed E-state index contributed by atoms with van der Waals surface area (Å²) in [5.41, 5.74) is 6.80. The van der Waals surface area contributed by atoms with Gasteiger partial charge in [-0.05, 0) is 68.3 Å². The zero-order valence-corrected chi connectivity index (χ0v) is 14.5. The first kappa shape index (κ1) is 15.8. The number of sulfonamides is 1. The first-order valence-electron chi connectivity index (χ1n) is 5.61. The normalized spacial score (nSPS) is 10.9. The molecule has 0 heterocycles. The van der Waals surface area contributed by atoms with Gasteiger partial charge < -0.3 is 5.73 Å². The second kappa shape index (κ2) is 6.05. The Bertz CT molecular complexity index is 845. The Morgan fingerprint density at radius 1 is 1.10 bits per heavy atom. The molecule has 0 radical (unpaired) electrons. The number of rotatable bonds is 3. The van der Waals surface area contributed by atoms with Gasteiger partial charge in [-0.25, -0.2) is 8.42 Å². The van der Waals surface area contributed by atoms with Gasteiger partial charge in [0.25, 0.3) is 10.0 Å². The van der Waals surface area contributed by atoms with Crippen LogP contribution in [0.25, 0.3) is 0 Å². The Labute approximate surface area is 139 Å². The molecule has 8 heteroatoms. The van der Waals surface area contributed by atoms with Crippen molar-refractivity contribution in [3.63, 3.8) is 0 Å². The van der Waals surface area contributed by atoms with Gasteiger partial charge in [-0.1, -0.05) is 0 Å². The highest BCUT2D eigenvalue weighted by Crippen LogP contribution is 2.28. The molecule has 0 aliphatic carbocycles. The van der Waals surface area contributed by atoms with Crippen LogP contribution in [0.4, 0.5) is 11.4 Å². The van der Waals surface area contributed by atoms with Crippen molar-refractivity contribution in [2.45, 2.75) is 4.90 Å². The lowest BCUT2D eigenvalue weighted by Gasteiger charge is -2.11. The number of hydrogen-bond acceptors (Lipinski definition) is 4. The van der Waals surface area contributed by atoms with Crippen molar-refractivity contribution in [1.29, 1.82) is 5.26 Å². The summed E-state index contributed by atoms with van der Waals surface area (Å²) in [6, 6.07) is 10.9. The van der Waals surface area contributed by atoms with Crippen LogP contribution in [0.15, 0.2) is 50.2 Å². The zero-order chi connectivity index (χ0) is 15.6. The molecular formula is C13H9Br2N3O2S. The van der Waals surface area contributed by atoms with Crippen molar-refractivity contribution in [1.82, 2.24) is 0 Å². The maximum atomic E-state index is 12.3. The minimum atomic E-state index is -3.76. The number of nitriles is 1. The summed E-state index contributed by atoms with van der Waals surface area (Å²) in [5.74, 6) is 0. The van der Waals surface area contributed by atoms with Crippen LogP contribution in [0.3, 0.4) is 0 Å². The lowest BCUT2D eigenvalue weighted by atomic mass is 10.2. The van der Waals surface area contributed by atoms with Crippen molar-refractivity contribution in [2.75, 3.05) is 10.5 Å². The molecule has 5 nitrogen and oxygen atoms in total. The first-order valence-corrected chi connectivity index (χ1v) is 8.68. The summed E-state index contributed by atoms with van der Waals surface area (Å²) in [6.07, 6.45) is 0. The number of benzene rings is 2. The molecule has 0 aliphatic heterocycles. The van der Waals surface area contributed by atoms with E-state index in [9.17, 15) is 8.42 Å². The van der Waals surface area contributed by atoms with Crippen LogP contribution in [0.2, 0.25) is 0 Å². The Morgan fingerprint density at radius 3 is 2.38 bits per heavy atom. The molecule has 0 aromatic heterocycles. The van der Waals surface area contributed by atoms with Gasteiger partial charge in [-0.15, -0.1) is 0 Å². The Balaban J connectivity index is 2.37. The van der Waals surface area contributed by atoms with Crippen LogP contribution in [0, 0.1) is 11.3 Å². The fraction of sp³-hybridized carbons (Fsp3) is 0. The predicted octanol–water partition coefficient (Wildman–Crippen LogP) is 3.47. The third kappa shape index (κ3) is 3.56. The zero-order valence-electron chi connectivity index (χ0n) is 10.5. The van der Waals surface area contributed by atoms with Gasteiger partial charge in [0.2, 0.25) is 0 Å². The molecule has 2 aromatic rings. The molecule has 2 rings (SSSR count). The molecular weight excluding hydrogens is 422 g/mol. The fourth-order valence-electron chi connectivity index (χ4n) is 1.56. The summed E-state index contributed by atoms with van der Waals surface area (Å²) >= 11 is 6.44. The van der Waals surface area contributed by atoms with Crippen LogP contribution in [0.5, 0.6) is 0 Å². The van der Waals surface area contributed by atoms with Gasteiger partial charge in [0.15, 0.2) is 0 Å². The minimum absolute atomic E-state index is 0.0551. The van der Waals surface area contributed by atoms with Crippen molar-refractivity contribution >= 4 is 53.3 Å². The average molecular weight is 431 g/mol. The van der Waals surface area contributed by atoms with Crippen LogP contribution in [-0.2, 0) is 10.0 Å². The van der Waals surface area contributed by atoms with E-state index in [1.807, 2.05) is 6.07 Å². The number of anilines is 2. The van der Waals surface area contributed by atoms with E-state index in [0.29, 0.717) is 25.9 Å². The molecule has 0 atom stereocenters. The predicted molar refractivity (Wildman–Crippen MR) is 88.2 cm³/mol. The number of nitrogens with zero attached hydrogens (tertiary/aromatic N) is 1. The minimum Gasteiger partial charge on any atom is -0.398 e. The van der Waals surface area contributed by atoms with E-state index in [1.165, 1.54) is 30.3 Å². The molecule has 0 bridgehead atoms. The van der Waals surface area contributed by atoms with E-state index < -0.39 is 10.0 Å². The van der Waals surface area contributed by atoms with Crippen LogP contribution in [0.1, 0.15) is 5.56 Å². The molecule has 21 heavy (non-hydrogen) atoms. The summed E-state index contributed by atoms with van der Waals surface area (Å²) in [5, 5.41) is 8.79. The van der Waals surface area contributed by atoms with E-state index in [2.05, 4.69) is 36.6 Å². The molecule has 0 aliphatic rings. The van der Waals surface area contributed by atoms with Gasteiger partial charge >= 0.3 is 0 Å². The molecule has 2 aromatic carbocycles. The number of halogens is 2. The molecule has 0 fully saturated rings. The van der Waals surface area contributed by atoms with Gasteiger partial charge in [0, 0.05) is 14.6 Å². The summed E-state index contributed by atoms with van der Waals surface area (Å²) in [6.45, 7) is 0. The summed E-state index contributed by atoms with van der Waals surface area (Å²) in [7, 11) is -3.76. The van der Waals surface area contributed by atoms with E-state index >= 15 is 0 Å². The molecule has 0 saturated carbocycles. The fourth-order valence-corrected chi connectivity index (χ4v) is 3.53. The highest BCUT2D eigenvalue weighted by molar-refractivity contribution is 9.11. The lowest BCUT2D eigenvalue weighted by Crippen LogP contribution is -2.13. The van der Waals surface area contributed by atoms with Crippen molar-refractivity contribution < 1.29 is 8.42 Å². The van der Waals surface area contributed by atoms with E-state index in [1.54, 1.807) is 6.07 Å². The third-order valence-electron chi connectivity index (χ3n) is 2.62. The second-order valence-electron chi connectivity index (χ2n) is 4.10. The van der Waals surface area contributed by atoms with Gasteiger partial charge in [0.1, 0.15) is 0 Å². The second-order valence-corrected chi connectivity index (χ2v) is 7.49. The quantitative estimate of drug-likeness (QED) is 0.728. The van der Waals surface area contributed by atoms with Crippen molar-refractivity contribution in [3.05, 3.63) is 50.9 Å². The third-order valence-corrected chi connectivity index (χ3v) is 5.36. The maximum absolute atomic E-state index is 12.3. The molecule has 0 saturated heterocycles. The number of nitrogens with two attached hydrogens (primary N) is 1. The molecule has 0 amide bonds. The Hall–Kier alpha value is -1.56. The van der Waals surface area contributed by atoms with E-state index in [4.69, 9.17) is 11.0 Å². The standard InChI is InChI=1S/C13H9Br2N3O2S/c14-10-3-2-9(6-12(10)17)21(19,20)18-13-4-1-8(7-16)5-11(13)15/h1-6,18H,17H2. The Morgan fingerprint density at radius 2 is 1.81 bits per heavy atom. The highest BCUT2D eigenvalue weighted by atomic mass is 79.9. The van der Waals surface area contributed by atoms with E-state index in [-0.39, 0.29) is 4.90 Å². The average Bonchev–Trinajstić information content (AvgIpc) is 2.43. The molecule has 3 N–H and O–H groups in total. The van der Waals surface area contributed by atoms with Gasteiger partial charge in [0.05, 0.1) is 22.2 Å². The SMILES string of the molecule is N#Cc1ccc(NS(=O)(=O)c2ccc(Br)c(N)c2)c(Br)c1. The summed E-state index contributed by atoms with van der Waals surface area (Å²) in [4.78, 5) is 0.0551. The number of hydrogen-bond donors (Lipinski definition) is 2. The smallest absolute Gasteiger partial charge is 0.262 e. The van der Waals surface area contributed by atoms with Gasteiger partial charge in [-0.3, -0.25) is 4.72 Å². The van der Waals surface area contributed by atoms with E-state index in [0.717, 1.165) is 0 Å². The lowest BCUT2D eigenvalue weighted by molar-refractivity contribution is 0.601. The maximum Gasteiger partial charge on any atom is 0.262 e. The summed E-state index contributed by atoms with van der Waals surface area (Å²) < 4.78 is 28.2. The number of nitrogens with one attached hydrogen (secondary N) is 1. The topological polar surface area (TPSA) is 96.0 Å². The van der Waals surface area contributed by atoms with Crippen molar-refractivity contribution in [2.24, 2.45) is 0 Å². The van der Waals surface area contributed by atoms with Gasteiger partial charge in [-0.2, -0.15) is 5.26 Å². The first-order chi connectivity index (χ1) is 9.83. The van der Waals surface area contributed by atoms with Crippen LogP contribution < -0.4 is 10.5 Å². The molecule has 108 valence electrons. The molecule has 0 unspecified atom stereocenters. The van der Waals surface area contributed by atoms with Crippen LogP contribution in [-0.4, -0.2) is 8.42 Å².